The van der Waals surface area contributed by atoms with E-state index in [4.69, 9.17) is 0 Å². The molecule has 0 aliphatic heterocycles. The first-order valence-corrected chi connectivity index (χ1v) is 9.98. The molecule has 4 nitrogen and oxygen atoms in total. The van der Waals surface area contributed by atoms with Gasteiger partial charge in [-0.1, -0.05) is 25.1 Å². The van der Waals surface area contributed by atoms with Gasteiger partial charge < -0.3 is 4.90 Å². The molecule has 0 bridgehead atoms. The SMILES string of the molecule is CCc1cc(S(=O)(=O)c2ccccc2C)c(C)cc1N=CN(C)CC. The van der Waals surface area contributed by atoms with E-state index < -0.39 is 9.84 Å². The van der Waals surface area contributed by atoms with E-state index in [9.17, 15) is 8.42 Å². The fourth-order valence-corrected chi connectivity index (χ4v) is 4.39. The van der Waals surface area contributed by atoms with Gasteiger partial charge in [0, 0.05) is 13.6 Å². The van der Waals surface area contributed by atoms with E-state index in [1.807, 2.05) is 50.9 Å². The van der Waals surface area contributed by atoms with Crippen LogP contribution in [0.3, 0.4) is 0 Å². The van der Waals surface area contributed by atoms with E-state index in [0.29, 0.717) is 15.4 Å². The van der Waals surface area contributed by atoms with Crippen LogP contribution in [-0.4, -0.2) is 33.2 Å². The molecular formula is C20H26N2O2S. The summed E-state index contributed by atoms with van der Waals surface area (Å²) in [4.78, 5) is 7.23. The van der Waals surface area contributed by atoms with Gasteiger partial charge in [-0.15, -0.1) is 0 Å². The Morgan fingerprint density at radius 1 is 1.04 bits per heavy atom. The van der Waals surface area contributed by atoms with E-state index in [-0.39, 0.29) is 0 Å². The highest BCUT2D eigenvalue weighted by Gasteiger charge is 2.23. The van der Waals surface area contributed by atoms with Crippen molar-refractivity contribution in [1.29, 1.82) is 0 Å². The number of nitrogens with zero attached hydrogens (tertiary/aromatic N) is 2. The molecule has 0 heterocycles. The Bertz CT molecular complexity index is 887. The van der Waals surface area contributed by atoms with Crippen molar-refractivity contribution in [1.82, 2.24) is 4.90 Å². The summed E-state index contributed by atoms with van der Waals surface area (Å²) < 4.78 is 26.2. The summed E-state index contributed by atoms with van der Waals surface area (Å²) in [7, 11) is -1.59. The van der Waals surface area contributed by atoms with Gasteiger partial charge in [0.15, 0.2) is 0 Å². The molecule has 0 saturated heterocycles. The number of sulfone groups is 1. The van der Waals surface area contributed by atoms with Gasteiger partial charge in [-0.25, -0.2) is 13.4 Å². The molecule has 134 valence electrons. The smallest absolute Gasteiger partial charge is 0.207 e. The zero-order valence-corrected chi connectivity index (χ0v) is 16.4. The zero-order chi connectivity index (χ0) is 18.6. The quantitative estimate of drug-likeness (QED) is 0.571. The lowest BCUT2D eigenvalue weighted by Gasteiger charge is -2.14. The average molecular weight is 359 g/mol. The van der Waals surface area contributed by atoms with Crippen LogP contribution in [0.2, 0.25) is 0 Å². The van der Waals surface area contributed by atoms with Gasteiger partial charge in [0.2, 0.25) is 9.84 Å². The molecule has 0 N–H and O–H groups in total. The fraction of sp³-hybridized carbons (Fsp3) is 0.350. The van der Waals surface area contributed by atoms with Gasteiger partial charge in [-0.3, -0.25) is 0 Å². The highest BCUT2D eigenvalue weighted by atomic mass is 32.2. The van der Waals surface area contributed by atoms with Crippen LogP contribution in [0, 0.1) is 13.8 Å². The Labute approximate surface area is 151 Å². The molecule has 0 fully saturated rings. The van der Waals surface area contributed by atoms with Crippen molar-refractivity contribution in [3.63, 3.8) is 0 Å². The molecule has 25 heavy (non-hydrogen) atoms. The van der Waals surface area contributed by atoms with E-state index >= 15 is 0 Å². The number of hydrogen-bond acceptors (Lipinski definition) is 3. The molecular weight excluding hydrogens is 332 g/mol. The minimum absolute atomic E-state index is 0.362. The highest BCUT2D eigenvalue weighted by Crippen LogP contribution is 2.31. The highest BCUT2D eigenvalue weighted by molar-refractivity contribution is 7.91. The Kier molecular flexibility index (Phi) is 6.01. The van der Waals surface area contributed by atoms with Crippen LogP contribution in [0.1, 0.15) is 30.5 Å². The maximum absolute atomic E-state index is 13.1. The molecule has 0 saturated carbocycles. The minimum atomic E-state index is -3.55. The summed E-state index contributed by atoms with van der Waals surface area (Å²) in [5, 5.41) is 0. The van der Waals surface area contributed by atoms with E-state index in [2.05, 4.69) is 11.9 Å². The lowest BCUT2D eigenvalue weighted by molar-refractivity contribution is 0.552. The average Bonchev–Trinajstić information content (AvgIpc) is 2.59. The third-order valence-corrected chi connectivity index (χ3v) is 6.38. The molecule has 0 amide bonds. The van der Waals surface area contributed by atoms with Crippen molar-refractivity contribution in [2.45, 2.75) is 43.9 Å². The summed E-state index contributed by atoms with van der Waals surface area (Å²) in [6.07, 6.45) is 2.50. The van der Waals surface area contributed by atoms with Crippen molar-refractivity contribution >= 4 is 21.9 Å². The van der Waals surface area contributed by atoms with E-state index in [1.165, 1.54) is 0 Å². The molecule has 0 aliphatic rings. The standard InChI is InChI=1S/C20H26N2O2S/c1-6-17-13-20(16(4)12-18(17)21-14-22(5)7-2)25(23,24)19-11-9-8-10-15(19)3/h8-14H,6-7H2,1-5H3. The maximum atomic E-state index is 13.1. The molecule has 5 heteroatoms. The number of benzene rings is 2. The van der Waals surface area contributed by atoms with E-state index in [1.54, 1.807) is 24.5 Å². The topological polar surface area (TPSA) is 49.7 Å². The summed E-state index contributed by atoms with van der Waals surface area (Å²) >= 11 is 0. The van der Waals surface area contributed by atoms with E-state index in [0.717, 1.165) is 29.8 Å². The van der Waals surface area contributed by atoms with Crippen molar-refractivity contribution in [2.24, 2.45) is 4.99 Å². The molecule has 0 spiro atoms. The third kappa shape index (κ3) is 4.10. The largest absolute Gasteiger partial charge is 0.366 e. The summed E-state index contributed by atoms with van der Waals surface area (Å²) in [5.74, 6) is 0. The van der Waals surface area contributed by atoms with Gasteiger partial charge in [0.05, 0.1) is 21.8 Å². The minimum Gasteiger partial charge on any atom is -0.366 e. The Morgan fingerprint density at radius 3 is 2.32 bits per heavy atom. The molecule has 0 radical (unpaired) electrons. The Morgan fingerprint density at radius 2 is 1.72 bits per heavy atom. The second-order valence-electron chi connectivity index (χ2n) is 6.19. The number of aliphatic imine (C=N–C) groups is 1. The Hall–Kier alpha value is -2.14. The number of hydrogen-bond donors (Lipinski definition) is 0. The lowest BCUT2D eigenvalue weighted by Crippen LogP contribution is -2.14. The molecule has 2 aromatic carbocycles. The third-order valence-electron chi connectivity index (χ3n) is 4.32. The molecule has 0 unspecified atom stereocenters. The van der Waals surface area contributed by atoms with Gasteiger partial charge in [-0.2, -0.15) is 0 Å². The molecule has 2 aromatic rings. The Balaban J connectivity index is 2.57. The number of rotatable bonds is 6. The fourth-order valence-electron chi connectivity index (χ4n) is 2.63. The monoisotopic (exact) mass is 358 g/mol. The first-order valence-electron chi connectivity index (χ1n) is 8.49. The van der Waals surface area contributed by atoms with Crippen LogP contribution >= 0.6 is 0 Å². The van der Waals surface area contributed by atoms with Crippen LogP contribution in [0.15, 0.2) is 51.2 Å². The van der Waals surface area contributed by atoms with Crippen molar-refractivity contribution in [2.75, 3.05) is 13.6 Å². The predicted octanol–water partition coefficient (Wildman–Crippen LogP) is 4.31. The van der Waals surface area contributed by atoms with Gasteiger partial charge in [-0.05, 0) is 62.1 Å². The number of aryl methyl sites for hydroxylation is 3. The first-order chi connectivity index (χ1) is 11.8. The summed E-state index contributed by atoms with van der Waals surface area (Å²) in [6, 6.07) is 10.7. The van der Waals surface area contributed by atoms with Gasteiger partial charge in [0.1, 0.15) is 0 Å². The normalized spacial score (nSPS) is 11.9. The molecule has 0 aromatic heterocycles. The second kappa shape index (κ2) is 7.83. The zero-order valence-electron chi connectivity index (χ0n) is 15.6. The predicted molar refractivity (Wildman–Crippen MR) is 104 cm³/mol. The van der Waals surface area contributed by atoms with Crippen LogP contribution in [0.5, 0.6) is 0 Å². The first kappa shape index (κ1) is 19.2. The summed E-state index contributed by atoms with van der Waals surface area (Å²) in [6.45, 7) is 8.58. The van der Waals surface area contributed by atoms with Crippen LogP contribution in [0.25, 0.3) is 0 Å². The maximum Gasteiger partial charge on any atom is 0.207 e. The van der Waals surface area contributed by atoms with Crippen LogP contribution in [0.4, 0.5) is 5.69 Å². The molecule has 2 rings (SSSR count). The van der Waals surface area contributed by atoms with Crippen molar-refractivity contribution in [3.05, 3.63) is 53.1 Å². The van der Waals surface area contributed by atoms with Crippen LogP contribution < -0.4 is 0 Å². The van der Waals surface area contributed by atoms with Crippen LogP contribution in [-0.2, 0) is 16.3 Å². The molecule has 0 aliphatic carbocycles. The second-order valence-corrected chi connectivity index (χ2v) is 8.07. The lowest BCUT2D eigenvalue weighted by atomic mass is 10.1. The molecule has 0 atom stereocenters. The van der Waals surface area contributed by atoms with Gasteiger partial charge >= 0.3 is 0 Å². The van der Waals surface area contributed by atoms with Gasteiger partial charge in [0.25, 0.3) is 0 Å². The van der Waals surface area contributed by atoms with Crippen molar-refractivity contribution in [3.8, 4) is 0 Å². The summed E-state index contributed by atoms with van der Waals surface area (Å²) in [5.41, 5.74) is 3.22. The van der Waals surface area contributed by atoms with Crippen molar-refractivity contribution < 1.29 is 8.42 Å².